The highest BCUT2D eigenvalue weighted by atomic mass is 19.1. The van der Waals surface area contributed by atoms with E-state index in [4.69, 9.17) is 6.42 Å². The largest absolute Gasteiger partial charge is 0.293 e. The molecule has 0 saturated heterocycles. The van der Waals surface area contributed by atoms with E-state index in [1.807, 2.05) is 0 Å². The highest BCUT2D eigenvalue weighted by Crippen LogP contribution is 2.17. The van der Waals surface area contributed by atoms with E-state index in [1.165, 1.54) is 13.0 Å². The van der Waals surface area contributed by atoms with Crippen molar-refractivity contribution < 1.29 is 13.6 Å². The van der Waals surface area contributed by atoms with Crippen LogP contribution in [0.2, 0.25) is 0 Å². The number of carbonyl (C=O) groups is 1. The number of carbonyl (C=O) groups excluding carboxylic acids is 1. The summed E-state index contributed by atoms with van der Waals surface area (Å²) in [4.78, 5) is 11.2. The summed E-state index contributed by atoms with van der Waals surface area (Å²) < 4.78 is 26.4. The Morgan fingerprint density at radius 3 is 2.71 bits per heavy atom. The van der Waals surface area contributed by atoms with E-state index < -0.39 is 23.0 Å². The predicted molar refractivity (Wildman–Crippen MR) is 48.9 cm³/mol. The number of aryl methyl sites for hydroxylation is 1. The lowest BCUT2D eigenvalue weighted by Gasteiger charge is -2.03. The van der Waals surface area contributed by atoms with Crippen molar-refractivity contribution in [2.75, 3.05) is 0 Å². The van der Waals surface area contributed by atoms with E-state index in [1.54, 1.807) is 0 Å². The maximum absolute atomic E-state index is 13.3. The Morgan fingerprint density at radius 1 is 1.50 bits per heavy atom. The van der Waals surface area contributed by atoms with Crippen LogP contribution in [0.4, 0.5) is 8.78 Å². The number of hydrogen-bond acceptors (Lipinski definition) is 1. The summed E-state index contributed by atoms with van der Waals surface area (Å²) in [5, 5.41) is 0. The Bertz CT molecular complexity index is 416. The quantitative estimate of drug-likeness (QED) is 0.522. The fourth-order valence-corrected chi connectivity index (χ4v) is 1.09. The number of halogens is 2. The van der Waals surface area contributed by atoms with Gasteiger partial charge in [0.1, 0.15) is 11.6 Å². The number of Topliss-reactive ketones (excluding diaryl/α,β-unsaturated/α-hetero) is 1. The van der Waals surface area contributed by atoms with Gasteiger partial charge in [0.05, 0.1) is 12.0 Å². The Kier molecular flexibility index (Phi) is 2.98. The van der Waals surface area contributed by atoms with E-state index in [2.05, 4.69) is 5.92 Å². The van der Waals surface area contributed by atoms with Crippen LogP contribution in [0.1, 0.15) is 22.3 Å². The van der Waals surface area contributed by atoms with Crippen molar-refractivity contribution in [3.63, 3.8) is 0 Å². The van der Waals surface area contributed by atoms with Crippen molar-refractivity contribution in [2.24, 2.45) is 0 Å². The van der Waals surface area contributed by atoms with Crippen LogP contribution in [0.25, 0.3) is 0 Å². The molecule has 1 aromatic rings. The standard InChI is InChI=1S/C11H8F2O/c1-3-4-9(14)10-8(12)6-5-7(2)11(10)13/h1,5-6H,4H2,2H3. The molecule has 1 nitrogen and oxygen atoms in total. The van der Waals surface area contributed by atoms with E-state index in [0.29, 0.717) is 0 Å². The Labute approximate surface area is 80.7 Å². The van der Waals surface area contributed by atoms with Gasteiger partial charge in [0, 0.05) is 0 Å². The van der Waals surface area contributed by atoms with Gasteiger partial charge in [-0.15, -0.1) is 6.42 Å². The topological polar surface area (TPSA) is 17.1 Å². The van der Waals surface area contributed by atoms with Gasteiger partial charge in [-0.3, -0.25) is 4.79 Å². The van der Waals surface area contributed by atoms with Crippen LogP contribution in [-0.4, -0.2) is 5.78 Å². The van der Waals surface area contributed by atoms with E-state index >= 15 is 0 Å². The maximum Gasteiger partial charge on any atom is 0.180 e. The van der Waals surface area contributed by atoms with Crippen molar-refractivity contribution in [1.29, 1.82) is 0 Å². The van der Waals surface area contributed by atoms with E-state index in [0.717, 1.165) is 6.07 Å². The van der Waals surface area contributed by atoms with Gasteiger partial charge in [0.15, 0.2) is 5.78 Å². The SMILES string of the molecule is C#CCC(=O)c1c(F)ccc(C)c1F. The zero-order chi connectivity index (χ0) is 10.7. The van der Waals surface area contributed by atoms with Crippen LogP contribution >= 0.6 is 0 Å². The molecule has 0 radical (unpaired) electrons. The Morgan fingerprint density at radius 2 is 2.14 bits per heavy atom. The minimum atomic E-state index is -0.867. The van der Waals surface area contributed by atoms with Crippen LogP contribution in [0.3, 0.4) is 0 Å². The normalized spacial score (nSPS) is 9.57. The molecule has 0 aromatic heterocycles. The molecule has 0 aliphatic heterocycles. The molecule has 0 bridgehead atoms. The molecule has 0 aliphatic rings. The molecular weight excluding hydrogens is 186 g/mol. The maximum atomic E-state index is 13.3. The van der Waals surface area contributed by atoms with Crippen LogP contribution < -0.4 is 0 Å². The smallest absolute Gasteiger partial charge is 0.180 e. The zero-order valence-electron chi connectivity index (χ0n) is 7.60. The summed E-state index contributed by atoms with van der Waals surface area (Å²) >= 11 is 0. The lowest BCUT2D eigenvalue weighted by atomic mass is 10.0. The van der Waals surface area contributed by atoms with Crippen LogP contribution in [-0.2, 0) is 0 Å². The first-order chi connectivity index (χ1) is 6.57. The summed E-state index contributed by atoms with van der Waals surface area (Å²) in [5.41, 5.74) is -0.310. The van der Waals surface area contributed by atoms with Gasteiger partial charge in [0.25, 0.3) is 0 Å². The van der Waals surface area contributed by atoms with Crippen molar-refractivity contribution in [1.82, 2.24) is 0 Å². The number of terminal acetylenes is 1. The second-order valence-corrected chi connectivity index (χ2v) is 2.86. The number of ketones is 1. The highest BCUT2D eigenvalue weighted by Gasteiger charge is 2.17. The monoisotopic (exact) mass is 194 g/mol. The first-order valence-corrected chi connectivity index (χ1v) is 3.99. The molecule has 0 spiro atoms. The lowest BCUT2D eigenvalue weighted by Crippen LogP contribution is -2.06. The minimum absolute atomic E-state index is 0.228. The molecule has 72 valence electrons. The first kappa shape index (κ1) is 10.4. The van der Waals surface area contributed by atoms with Gasteiger partial charge in [-0.1, -0.05) is 12.0 Å². The lowest BCUT2D eigenvalue weighted by molar-refractivity contribution is 0.0990. The molecular formula is C11H8F2O. The summed E-state index contributed by atoms with van der Waals surface area (Å²) in [6.45, 7) is 1.46. The number of rotatable bonds is 2. The molecule has 14 heavy (non-hydrogen) atoms. The molecule has 3 heteroatoms. The molecule has 0 fully saturated rings. The predicted octanol–water partition coefficient (Wildman–Crippen LogP) is 2.48. The zero-order valence-corrected chi connectivity index (χ0v) is 7.60. The molecule has 0 amide bonds. The van der Waals surface area contributed by atoms with E-state index in [-0.39, 0.29) is 12.0 Å². The van der Waals surface area contributed by atoms with Crippen molar-refractivity contribution in [3.05, 3.63) is 34.9 Å². The average Bonchev–Trinajstić information content (AvgIpc) is 2.13. The van der Waals surface area contributed by atoms with E-state index in [9.17, 15) is 13.6 Å². The van der Waals surface area contributed by atoms with Crippen LogP contribution in [0, 0.1) is 30.9 Å². The molecule has 0 atom stereocenters. The van der Waals surface area contributed by atoms with Gasteiger partial charge in [-0.25, -0.2) is 8.78 Å². The Balaban J connectivity index is 3.27. The van der Waals surface area contributed by atoms with Gasteiger partial charge >= 0.3 is 0 Å². The average molecular weight is 194 g/mol. The first-order valence-electron chi connectivity index (χ1n) is 3.99. The molecule has 0 N–H and O–H groups in total. The third kappa shape index (κ3) is 1.80. The van der Waals surface area contributed by atoms with Crippen molar-refractivity contribution in [2.45, 2.75) is 13.3 Å². The molecule has 0 unspecified atom stereocenters. The highest BCUT2D eigenvalue weighted by molar-refractivity contribution is 5.98. The summed E-state index contributed by atoms with van der Waals surface area (Å²) in [7, 11) is 0. The minimum Gasteiger partial charge on any atom is -0.293 e. The summed E-state index contributed by atoms with van der Waals surface area (Å²) in [5.74, 6) is -0.341. The van der Waals surface area contributed by atoms with Gasteiger partial charge in [0.2, 0.25) is 0 Å². The second kappa shape index (κ2) is 4.01. The second-order valence-electron chi connectivity index (χ2n) is 2.86. The van der Waals surface area contributed by atoms with Gasteiger partial charge < -0.3 is 0 Å². The van der Waals surface area contributed by atoms with Gasteiger partial charge in [-0.05, 0) is 18.6 Å². The molecule has 0 saturated carbocycles. The van der Waals surface area contributed by atoms with Crippen molar-refractivity contribution in [3.8, 4) is 12.3 Å². The number of hydrogen-bond donors (Lipinski definition) is 0. The fraction of sp³-hybridized carbons (Fsp3) is 0.182. The molecule has 1 rings (SSSR count). The molecule has 0 heterocycles. The van der Waals surface area contributed by atoms with Crippen molar-refractivity contribution >= 4 is 5.78 Å². The summed E-state index contributed by atoms with van der Waals surface area (Å²) in [6.07, 6.45) is 4.59. The Hall–Kier alpha value is -1.69. The van der Waals surface area contributed by atoms with Crippen LogP contribution in [0.15, 0.2) is 12.1 Å². The third-order valence-electron chi connectivity index (χ3n) is 1.83. The third-order valence-corrected chi connectivity index (χ3v) is 1.83. The molecule has 0 aliphatic carbocycles. The molecule has 1 aromatic carbocycles. The van der Waals surface area contributed by atoms with Crippen LogP contribution in [0.5, 0.6) is 0 Å². The summed E-state index contributed by atoms with van der Waals surface area (Å²) in [6, 6.07) is 2.33. The fourth-order valence-electron chi connectivity index (χ4n) is 1.09. The van der Waals surface area contributed by atoms with Gasteiger partial charge in [-0.2, -0.15) is 0 Å². The number of benzene rings is 1.